The molecule has 2 atom stereocenters. The summed E-state index contributed by atoms with van der Waals surface area (Å²) < 4.78 is 2.13. The quantitative estimate of drug-likeness (QED) is 0.462. The Balaban J connectivity index is 1.71. The number of para-hydroxylation sites is 1. The summed E-state index contributed by atoms with van der Waals surface area (Å²) >= 11 is 0. The highest BCUT2D eigenvalue weighted by Gasteiger charge is 2.26. The second kappa shape index (κ2) is 8.33. The molecular weight excluding hydrogens is 360 g/mol. The number of hydrogen-bond donors (Lipinski definition) is 2. The average Bonchev–Trinajstić information content (AvgIpc) is 3.11. The van der Waals surface area contributed by atoms with E-state index in [1.807, 2.05) is 85.9 Å². The number of hydrogen-bond acceptors (Lipinski definition) is 2. The minimum atomic E-state index is -0.879. The fourth-order valence-electron chi connectivity index (χ4n) is 3.80. The van der Waals surface area contributed by atoms with E-state index in [0.717, 1.165) is 22.0 Å². The molecule has 3 aromatic carbocycles. The van der Waals surface area contributed by atoms with Crippen LogP contribution >= 0.6 is 0 Å². The zero-order valence-corrected chi connectivity index (χ0v) is 16.3. The Labute approximate surface area is 170 Å². The maximum Gasteiger partial charge on any atom is 0.325 e. The number of rotatable bonds is 7. The minimum absolute atomic E-state index is 0.0893. The van der Waals surface area contributed by atoms with Crippen molar-refractivity contribution in [2.75, 3.05) is 0 Å². The number of benzene rings is 3. The second-order valence-corrected chi connectivity index (χ2v) is 7.29. The lowest BCUT2D eigenvalue weighted by molar-refractivity contribution is -0.139. The van der Waals surface area contributed by atoms with E-state index in [1.165, 1.54) is 5.56 Å². The smallest absolute Gasteiger partial charge is 0.325 e. The fourth-order valence-corrected chi connectivity index (χ4v) is 3.80. The number of nitrogens with zero attached hydrogens (tertiary/aromatic N) is 1. The summed E-state index contributed by atoms with van der Waals surface area (Å²) in [5.74, 6) is -0.879. The molecule has 0 aliphatic rings. The molecule has 146 valence electrons. The van der Waals surface area contributed by atoms with Gasteiger partial charge in [-0.3, -0.25) is 10.1 Å². The molecule has 2 N–H and O–H groups in total. The molecule has 0 aliphatic carbocycles. The number of aliphatic carboxylic acids is 1. The van der Waals surface area contributed by atoms with Crippen LogP contribution < -0.4 is 5.32 Å². The van der Waals surface area contributed by atoms with E-state index < -0.39 is 12.0 Å². The Morgan fingerprint density at radius 2 is 1.55 bits per heavy atom. The first-order valence-corrected chi connectivity index (χ1v) is 9.79. The monoisotopic (exact) mass is 384 g/mol. The molecule has 4 heteroatoms. The van der Waals surface area contributed by atoms with Crippen molar-refractivity contribution in [1.29, 1.82) is 0 Å². The van der Waals surface area contributed by atoms with Crippen LogP contribution in [0.15, 0.2) is 91.1 Å². The molecule has 1 aromatic heterocycles. The molecule has 1 heterocycles. The predicted molar refractivity (Wildman–Crippen MR) is 116 cm³/mol. The Morgan fingerprint density at radius 1 is 0.931 bits per heavy atom. The van der Waals surface area contributed by atoms with Crippen molar-refractivity contribution in [3.8, 4) is 0 Å². The zero-order valence-electron chi connectivity index (χ0n) is 16.3. The first-order valence-electron chi connectivity index (χ1n) is 9.79. The van der Waals surface area contributed by atoms with Gasteiger partial charge >= 0.3 is 5.97 Å². The van der Waals surface area contributed by atoms with Crippen LogP contribution in [0.3, 0.4) is 0 Å². The van der Waals surface area contributed by atoms with Crippen LogP contribution in [-0.2, 0) is 11.3 Å². The van der Waals surface area contributed by atoms with E-state index in [2.05, 4.69) is 22.0 Å². The minimum Gasteiger partial charge on any atom is -0.480 e. The highest BCUT2D eigenvalue weighted by Crippen LogP contribution is 2.29. The van der Waals surface area contributed by atoms with Gasteiger partial charge in [0.1, 0.15) is 6.04 Å². The molecule has 0 radical (unpaired) electrons. The lowest BCUT2D eigenvalue weighted by Gasteiger charge is -2.20. The normalized spacial score (nSPS) is 13.3. The summed E-state index contributed by atoms with van der Waals surface area (Å²) in [6, 6.07) is 27.2. The first-order chi connectivity index (χ1) is 14.1. The fraction of sp³-hybridized carbons (Fsp3) is 0.160. The summed E-state index contributed by atoms with van der Waals surface area (Å²) in [5, 5.41) is 14.3. The Kier molecular flexibility index (Phi) is 5.45. The molecule has 4 rings (SSSR count). The standard InChI is InChI=1S/C25H24N2O2/c1-18(20-12-6-3-7-13-20)26-24(25(28)29)22-17-27(16-19-10-4-2-5-11-19)23-15-9-8-14-21(22)23/h2-15,17-18,24,26H,16H2,1H3,(H,28,29)/t18-,24?/m0/s1. The maximum atomic E-state index is 12.2. The predicted octanol–water partition coefficient (Wildman–Crippen LogP) is 5.17. The van der Waals surface area contributed by atoms with Gasteiger partial charge in [-0.25, -0.2) is 0 Å². The maximum absolute atomic E-state index is 12.2. The molecule has 29 heavy (non-hydrogen) atoms. The van der Waals surface area contributed by atoms with Gasteiger partial charge < -0.3 is 9.67 Å². The van der Waals surface area contributed by atoms with E-state index in [4.69, 9.17) is 0 Å². The number of carboxylic acid groups (broad SMARTS) is 1. The SMILES string of the molecule is C[C@H](NC(C(=O)O)c1cn(Cc2ccccc2)c2ccccc12)c1ccccc1. The third-order valence-electron chi connectivity index (χ3n) is 5.29. The van der Waals surface area contributed by atoms with E-state index in [0.29, 0.717) is 6.54 Å². The molecule has 0 fully saturated rings. The summed E-state index contributed by atoms with van der Waals surface area (Å²) in [5.41, 5.74) is 4.06. The lowest BCUT2D eigenvalue weighted by atomic mass is 10.0. The lowest BCUT2D eigenvalue weighted by Crippen LogP contribution is -2.30. The summed E-state index contributed by atoms with van der Waals surface area (Å²) in [6.07, 6.45) is 1.97. The van der Waals surface area contributed by atoms with Crippen molar-refractivity contribution >= 4 is 16.9 Å². The second-order valence-electron chi connectivity index (χ2n) is 7.29. The zero-order chi connectivity index (χ0) is 20.2. The molecular formula is C25H24N2O2. The van der Waals surface area contributed by atoms with Gasteiger partial charge in [-0.05, 0) is 24.1 Å². The van der Waals surface area contributed by atoms with Crippen molar-refractivity contribution < 1.29 is 9.90 Å². The Morgan fingerprint density at radius 3 is 2.24 bits per heavy atom. The molecule has 4 aromatic rings. The number of aromatic nitrogens is 1. The van der Waals surface area contributed by atoms with Gasteiger partial charge in [-0.2, -0.15) is 0 Å². The van der Waals surface area contributed by atoms with Gasteiger partial charge in [0, 0.05) is 35.2 Å². The van der Waals surface area contributed by atoms with Gasteiger partial charge in [0.15, 0.2) is 0 Å². The van der Waals surface area contributed by atoms with Crippen LogP contribution in [0.4, 0.5) is 0 Å². The Bertz CT molecular complexity index is 1100. The van der Waals surface area contributed by atoms with E-state index in [1.54, 1.807) is 0 Å². The van der Waals surface area contributed by atoms with E-state index in [-0.39, 0.29) is 6.04 Å². The molecule has 0 aliphatic heterocycles. The number of fused-ring (bicyclic) bond motifs is 1. The van der Waals surface area contributed by atoms with Crippen LogP contribution in [0.25, 0.3) is 10.9 Å². The van der Waals surface area contributed by atoms with Crippen LogP contribution in [0, 0.1) is 0 Å². The third-order valence-corrected chi connectivity index (χ3v) is 5.29. The summed E-state index contributed by atoms with van der Waals surface area (Å²) in [7, 11) is 0. The highest BCUT2D eigenvalue weighted by molar-refractivity contribution is 5.89. The first kappa shape index (κ1) is 19.0. The topological polar surface area (TPSA) is 54.3 Å². The molecule has 4 nitrogen and oxygen atoms in total. The van der Waals surface area contributed by atoms with Gasteiger partial charge in [0.2, 0.25) is 0 Å². The molecule has 0 bridgehead atoms. The largest absolute Gasteiger partial charge is 0.480 e. The van der Waals surface area contributed by atoms with Gasteiger partial charge in [0.25, 0.3) is 0 Å². The van der Waals surface area contributed by atoms with Gasteiger partial charge in [-0.1, -0.05) is 78.9 Å². The van der Waals surface area contributed by atoms with Crippen molar-refractivity contribution in [2.45, 2.75) is 25.6 Å². The van der Waals surface area contributed by atoms with Crippen LogP contribution in [-0.4, -0.2) is 15.6 Å². The number of carboxylic acids is 1. The van der Waals surface area contributed by atoms with Crippen LogP contribution in [0.1, 0.15) is 35.7 Å². The van der Waals surface area contributed by atoms with Crippen LogP contribution in [0.5, 0.6) is 0 Å². The van der Waals surface area contributed by atoms with Crippen molar-refractivity contribution in [3.63, 3.8) is 0 Å². The number of nitrogens with one attached hydrogen (secondary N) is 1. The summed E-state index contributed by atoms with van der Waals surface area (Å²) in [4.78, 5) is 12.2. The van der Waals surface area contributed by atoms with Crippen molar-refractivity contribution in [1.82, 2.24) is 9.88 Å². The van der Waals surface area contributed by atoms with E-state index in [9.17, 15) is 9.90 Å². The molecule has 1 unspecified atom stereocenters. The van der Waals surface area contributed by atoms with Crippen molar-refractivity contribution in [2.24, 2.45) is 0 Å². The third kappa shape index (κ3) is 4.08. The van der Waals surface area contributed by atoms with Crippen LogP contribution in [0.2, 0.25) is 0 Å². The van der Waals surface area contributed by atoms with E-state index >= 15 is 0 Å². The molecule has 0 amide bonds. The molecule has 0 saturated carbocycles. The highest BCUT2D eigenvalue weighted by atomic mass is 16.4. The molecule has 0 spiro atoms. The van der Waals surface area contributed by atoms with Gasteiger partial charge in [0.05, 0.1) is 0 Å². The van der Waals surface area contributed by atoms with Gasteiger partial charge in [-0.15, -0.1) is 0 Å². The summed E-state index contributed by atoms with van der Waals surface area (Å²) in [6.45, 7) is 2.69. The molecule has 0 saturated heterocycles. The average molecular weight is 384 g/mol. The van der Waals surface area contributed by atoms with Crippen molar-refractivity contribution in [3.05, 3.63) is 108 Å². The Hall–Kier alpha value is -3.37. The number of carbonyl (C=O) groups is 1.